The highest BCUT2D eigenvalue weighted by atomic mass is 35.5. The van der Waals surface area contributed by atoms with E-state index >= 15 is 0 Å². The molecule has 0 radical (unpaired) electrons. The van der Waals surface area contributed by atoms with Crippen molar-refractivity contribution in [2.75, 3.05) is 0 Å². The first kappa shape index (κ1) is 14.1. The van der Waals surface area contributed by atoms with Gasteiger partial charge in [-0.1, -0.05) is 35.8 Å². The van der Waals surface area contributed by atoms with Crippen LogP contribution in [-0.4, -0.2) is 5.16 Å². The molecule has 0 aliphatic rings. The summed E-state index contributed by atoms with van der Waals surface area (Å²) in [5, 5.41) is 8.29. The Morgan fingerprint density at radius 3 is 2.47 bits per heavy atom. The maximum Gasteiger partial charge on any atom is 0.138 e. The fourth-order valence-corrected chi connectivity index (χ4v) is 2.30. The molecule has 0 amide bonds. The van der Waals surface area contributed by atoms with Crippen LogP contribution in [0.3, 0.4) is 0 Å². The first-order valence-corrected chi connectivity index (χ1v) is 6.90. The third-order valence-electron chi connectivity index (χ3n) is 3.39. The van der Waals surface area contributed by atoms with Crippen molar-refractivity contribution in [2.24, 2.45) is 0 Å². The van der Waals surface area contributed by atoms with Crippen molar-refractivity contribution < 1.29 is 4.52 Å². The predicted octanol–water partition coefficient (Wildman–Crippen LogP) is 4.19. The number of halogens is 1. The number of aromatic nitrogens is 1. The molecule has 0 saturated carbocycles. The molecule has 0 fully saturated rings. The molecule has 0 aliphatic carbocycles. The summed E-state index contributed by atoms with van der Waals surface area (Å²) in [6, 6.07) is 8.30. The van der Waals surface area contributed by atoms with Gasteiger partial charge in [0.1, 0.15) is 5.76 Å². The minimum atomic E-state index is 0.311. The molecule has 0 unspecified atom stereocenters. The number of rotatable bonds is 5. The van der Waals surface area contributed by atoms with Crippen LogP contribution in [0.2, 0.25) is 5.02 Å². The molecule has 102 valence electrons. The van der Waals surface area contributed by atoms with Gasteiger partial charge in [0.25, 0.3) is 0 Å². The highest BCUT2D eigenvalue weighted by Gasteiger charge is 2.13. The zero-order chi connectivity index (χ0) is 13.8. The normalized spacial score (nSPS) is 12.6. The third kappa shape index (κ3) is 3.37. The van der Waals surface area contributed by atoms with Gasteiger partial charge in [0, 0.05) is 23.2 Å². The molecule has 1 heterocycles. The van der Waals surface area contributed by atoms with Crippen LogP contribution in [0.4, 0.5) is 0 Å². The van der Waals surface area contributed by atoms with Crippen molar-refractivity contribution in [1.82, 2.24) is 10.5 Å². The van der Waals surface area contributed by atoms with E-state index in [1.165, 1.54) is 5.56 Å². The Kier molecular flexibility index (Phi) is 4.61. The third-order valence-corrected chi connectivity index (χ3v) is 3.64. The minimum absolute atomic E-state index is 0.311. The highest BCUT2D eigenvalue weighted by Crippen LogP contribution is 2.20. The largest absolute Gasteiger partial charge is 0.361 e. The summed E-state index contributed by atoms with van der Waals surface area (Å²) in [5.74, 6) is 0.885. The Labute approximate surface area is 118 Å². The predicted molar refractivity (Wildman–Crippen MR) is 77.3 cm³/mol. The number of benzene rings is 1. The maximum atomic E-state index is 5.92. The Balaban J connectivity index is 2.06. The quantitative estimate of drug-likeness (QED) is 0.891. The second-order valence-corrected chi connectivity index (χ2v) is 5.13. The number of nitrogens with zero attached hydrogens (tertiary/aromatic N) is 1. The van der Waals surface area contributed by atoms with Gasteiger partial charge in [-0.25, -0.2) is 0 Å². The summed E-state index contributed by atoms with van der Waals surface area (Å²) in [6.45, 7) is 6.85. The highest BCUT2D eigenvalue weighted by molar-refractivity contribution is 6.30. The van der Waals surface area contributed by atoms with Crippen LogP contribution in [0.1, 0.15) is 42.0 Å². The van der Waals surface area contributed by atoms with Gasteiger partial charge in [-0.15, -0.1) is 0 Å². The van der Waals surface area contributed by atoms with Gasteiger partial charge in [-0.2, -0.15) is 0 Å². The molecule has 0 spiro atoms. The van der Waals surface area contributed by atoms with Gasteiger partial charge in [-0.3, -0.25) is 0 Å². The lowest BCUT2D eigenvalue weighted by atomic mass is 10.0. The molecular formula is C15H19ClN2O. The van der Waals surface area contributed by atoms with Crippen LogP contribution in [0, 0.1) is 13.8 Å². The van der Waals surface area contributed by atoms with E-state index in [0.717, 1.165) is 35.0 Å². The zero-order valence-electron chi connectivity index (χ0n) is 11.5. The van der Waals surface area contributed by atoms with Crippen molar-refractivity contribution in [1.29, 1.82) is 0 Å². The molecule has 3 nitrogen and oxygen atoms in total. The lowest BCUT2D eigenvalue weighted by molar-refractivity contribution is 0.391. The van der Waals surface area contributed by atoms with E-state index in [4.69, 9.17) is 16.1 Å². The second-order valence-electron chi connectivity index (χ2n) is 4.70. The monoisotopic (exact) mass is 278 g/mol. The summed E-state index contributed by atoms with van der Waals surface area (Å²) >= 11 is 5.92. The molecule has 1 aromatic carbocycles. The van der Waals surface area contributed by atoms with Crippen LogP contribution in [0.25, 0.3) is 0 Å². The van der Waals surface area contributed by atoms with Crippen molar-refractivity contribution in [2.45, 2.75) is 39.8 Å². The number of hydrogen-bond donors (Lipinski definition) is 1. The summed E-state index contributed by atoms with van der Waals surface area (Å²) in [6.07, 6.45) is 1.02. The van der Waals surface area contributed by atoms with E-state index in [1.807, 2.05) is 26.0 Å². The van der Waals surface area contributed by atoms with Crippen LogP contribution in [0.5, 0.6) is 0 Å². The molecule has 2 aromatic rings. The van der Waals surface area contributed by atoms with E-state index in [1.54, 1.807) is 0 Å². The fraction of sp³-hybridized carbons (Fsp3) is 0.400. The van der Waals surface area contributed by atoms with Crippen molar-refractivity contribution >= 4 is 11.6 Å². The van der Waals surface area contributed by atoms with Crippen LogP contribution in [-0.2, 0) is 6.54 Å². The molecule has 1 atom stereocenters. The molecule has 1 N–H and O–H groups in total. The van der Waals surface area contributed by atoms with E-state index < -0.39 is 0 Å². The van der Waals surface area contributed by atoms with Crippen LogP contribution in [0.15, 0.2) is 28.8 Å². The molecule has 4 heteroatoms. The Hall–Kier alpha value is -1.32. The lowest BCUT2D eigenvalue weighted by Crippen LogP contribution is -2.20. The summed E-state index contributed by atoms with van der Waals surface area (Å²) in [7, 11) is 0. The number of nitrogens with one attached hydrogen (secondary N) is 1. The Morgan fingerprint density at radius 2 is 1.95 bits per heavy atom. The number of hydrogen-bond acceptors (Lipinski definition) is 3. The average molecular weight is 279 g/mol. The molecule has 0 aliphatic heterocycles. The standard InChI is InChI=1S/C15H19ClN2O/c1-4-15(12-5-7-13(16)8-6-12)17-9-14-10(2)18-19-11(14)3/h5-8,15,17H,4,9H2,1-3H3/t15-/m1/s1. The van der Waals surface area contributed by atoms with E-state index in [2.05, 4.69) is 29.5 Å². The van der Waals surface area contributed by atoms with Crippen LogP contribution >= 0.6 is 11.6 Å². The smallest absolute Gasteiger partial charge is 0.138 e. The maximum absolute atomic E-state index is 5.92. The Morgan fingerprint density at radius 1 is 1.26 bits per heavy atom. The summed E-state index contributed by atoms with van der Waals surface area (Å²) in [5.41, 5.74) is 3.35. The lowest BCUT2D eigenvalue weighted by Gasteiger charge is -2.17. The van der Waals surface area contributed by atoms with Gasteiger partial charge in [0.2, 0.25) is 0 Å². The van der Waals surface area contributed by atoms with E-state index in [-0.39, 0.29) is 0 Å². The minimum Gasteiger partial charge on any atom is -0.361 e. The van der Waals surface area contributed by atoms with Gasteiger partial charge in [0.05, 0.1) is 5.69 Å². The molecule has 1 aromatic heterocycles. The molecular weight excluding hydrogens is 260 g/mol. The average Bonchev–Trinajstić information content (AvgIpc) is 2.72. The SMILES string of the molecule is CC[C@@H](NCc1c(C)noc1C)c1ccc(Cl)cc1. The first-order valence-electron chi connectivity index (χ1n) is 6.52. The van der Waals surface area contributed by atoms with Crippen molar-refractivity contribution in [3.8, 4) is 0 Å². The van der Waals surface area contributed by atoms with Crippen molar-refractivity contribution in [3.05, 3.63) is 51.9 Å². The molecule has 2 rings (SSSR count). The van der Waals surface area contributed by atoms with E-state index in [0.29, 0.717) is 6.04 Å². The van der Waals surface area contributed by atoms with Gasteiger partial charge in [-0.05, 0) is 38.0 Å². The Bertz CT molecular complexity index is 514. The fourth-order valence-electron chi connectivity index (χ4n) is 2.17. The zero-order valence-corrected chi connectivity index (χ0v) is 12.3. The van der Waals surface area contributed by atoms with Crippen molar-refractivity contribution in [3.63, 3.8) is 0 Å². The molecule has 19 heavy (non-hydrogen) atoms. The van der Waals surface area contributed by atoms with Crippen LogP contribution < -0.4 is 5.32 Å². The van der Waals surface area contributed by atoms with Gasteiger partial charge >= 0.3 is 0 Å². The summed E-state index contributed by atoms with van der Waals surface area (Å²) < 4.78 is 5.18. The second kappa shape index (κ2) is 6.22. The van der Waals surface area contributed by atoms with Gasteiger partial charge < -0.3 is 9.84 Å². The van der Waals surface area contributed by atoms with Gasteiger partial charge in [0.15, 0.2) is 0 Å². The molecule has 0 bridgehead atoms. The number of aryl methyl sites for hydroxylation is 2. The van der Waals surface area contributed by atoms with E-state index in [9.17, 15) is 0 Å². The topological polar surface area (TPSA) is 38.1 Å². The summed E-state index contributed by atoms with van der Waals surface area (Å²) in [4.78, 5) is 0. The first-order chi connectivity index (χ1) is 9.11. The molecule has 0 saturated heterocycles.